The Morgan fingerprint density at radius 2 is 2.25 bits per heavy atom. The fraction of sp³-hybridized carbons (Fsp3) is 0.917. The minimum atomic E-state index is -0.00973. The lowest BCUT2D eigenvalue weighted by molar-refractivity contribution is -0.125. The predicted octanol–water partition coefficient (Wildman–Crippen LogP) is 1.01. The average Bonchev–Trinajstić information content (AvgIpc) is 3.09. The molecule has 1 rings (SSSR count). The first-order valence-corrected chi connectivity index (χ1v) is 6.21. The van der Waals surface area contributed by atoms with Crippen molar-refractivity contribution in [3.63, 3.8) is 0 Å². The van der Waals surface area contributed by atoms with Gasteiger partial charge in [-0.05, 0) is 33.2 Å². The Morgan fingerprint density at radius 1 is 1.56 bits per heavy atom. The van der Waals surface area contributed by atoms with Crippen molar-refractivity contribution in [2.45, 2.75) is 45.2 Å². The Kier molecular flexibility index (Phi) is 5.77. The average molecular weight is 228 g/mol. The summed E-state index contributed by atoms with van der Waals surface area (Å²) in [5, 5.41) is 2.90. The third-order valence-electron chi connectivity index (χ3n) is 2.99. The summed E-state index contributed by atoms with van der Waals surface area (Å²) in [5.41, 5.74) is 0. The molecule has 0 aromatic carbocycles. The Bertz CT molecular complexity index is 217. The first-order valence-electron chi connectivity index (χ1n) is 6.21. The predicted molar refractivity (Wildman–Crippen MR) is 64.4 cm³/mol. The van der Waals surface area contributed by atoms with Crippen molar-refractivity contribution in [1.29, 1.82) is 0 Å². The molecule has 0 bridgehead atoms. The van der Waals surface area contributed by atoms with Crippen LogP contribution < -0.4 is 5.32 Å². The second-order valence-corrected chi connectivity index (χ2v) is 4.60. The maximum absolute atomic E-state index is 11.4. The van der Waals surface area contributed by atoms with Crippen molar-refractivity contribution < 1.29 is 9.53 Å². The first-order chi connectivity index (χ1) is 7.65. The van der Waals surface area contributed by atoms with Crippen LogP contribution in [0.5, 0.6) is 0 Å². The molecule has 1 unspecified atom stereocenters. The Labute approximate surface area is 98.3 Å². The number of nitrogens with one attached hydrogen (secondary N) is 1. The molecule has 0 saturated heterocycles. The molecule has 94 valence electrons. The van der Waals surface area contributed by atoms with Gasteiger partial charge in [0.2, 0.25) is 5.91 Å². The zero-order valence-electron chi connectivity index (χ0n) is 10.7. The van der Waals surface area contributed by atoms with E-state index in [-0.39, 0.29) is 12.5 Å². The maximum Gasteiger partial charge on any atom is 0.246 e. The number of amides is 1. The zero-order chi connectivity index (χ0) is 12.0. The molecular weight excluding hydrogens is 204 g/mol. The molecule has 1 N–H and O–H groups in total. The first kappa shape index (κ1) is 13.5. The van der Waals surface area contributed by atoms with Gasteiger partial charge in [0.1, 0.15) is 6.61 Å². The Hall–Kier alpha value is -0.610. The van der Waals surface area contributed by atoms with Crippen molar-refractivity contribution in [3.05, 3.63) is 0 Å². The summed E-state index contributed by atoms with van der Waals surface area (Å²) >= 11 is 0. The van der Waals surface area contributed by atoms with Crippen LogP contribution in [-0.2, 0) is 9.53 Å². The molecule has 4 nitrogen and oxygen atoms in total. The molecule has 1 saturated carbocycles. The van der Waals surface area contributed by atoms with Gasteiger partial charge in [-0.3, -0.25) is 9.69 Å². The number of ether oxygens (including phenoxy) is 1. The molecule has 0 heterocycles. The monoisotopic (exact) mass is 228 g/mol. The van der Waals surface area contributed by atoms with E-state index in [0.717, 1.165) is 12.5 Å². The second kappa shape index (κ2) is 6.86. The molecule has 0 aliphatic heterocycles. The van der Waals surface area contributed by atoms with Crippen LogP contribution in [0.15, 0.2) is 0 Å². The van der Waals surface area contributed by atoms with Crippen molar-refractivity contribution in [2.75, 3.05) is 26.8 Å². The molecule has 1 aliphatic carbocycles. The fourth-order valence-corrected chi connectivity index (χ4v) is 1.61. The van der Waals surface area contributed by atoms with E-state index in [1.54, 1.807) is 0 Å². The lowest BCUT2D eigenvalue weighted by atomic mass is 10.3. The number of nitrogens with zero attached hydrogens (tertiary/aromatic N) is 1. The number of carbonyl (C=O) groups excluding carboxylic acids is 1. The lowest BCUT2D eigenvalue weighted by Crippen LogP contribution is -2.42. The summed E-state index contributed by atoms with van der Waals surface area (Å²) in [6, 6.07) is 1.14. The van der Waals surface area contributed by atoms with Gasteiger partial charge in [0.25, 0.3) is 0 Å². The van der Waals surface area contributed by atoms with Gasteiger partial charge in [-0.15, -0.1) is 0 Å². The third kappa shape index (κ3) is 4.94. The van der Waals surface area contributed by atoms with Crippen molar-refractivity contribution in [3.8, 4) is 0 Å². The number of hydrogen-bond donors (Lipinski definition) is 1. The van der Waals surface area contributed by atoms with E-state index in [4.69, 9.17) is 4.74 Å². The van der Waals surface area contributed by atoms with Crippen LogP contribution in [0.4, 0.5) is 0 Å². The summed E-state index contributed by atoms with van der Waals surface area (Å²) in [4.78, 5) is 13.7. The summed E-state index contributed by atoms with van der Waals surface area (Å²) in [7, 11) is 2.13. The lowest BCUT2D eigenvalue weighted by Gasteiger charge is -2.24. The number of hydrogen-bond acceptors (Lipinski definition) is 3. The van der Waals surface area contributed by atoms with E-state index in [2.05, 4.69) is 24.2 Å². The summed E-state index contributed by atoms with van der Waals surface area (Å²) < 4.78 is 5.17. The van der Waals surface area contributed by atoms with Gasteiger partial charge >= 0.3 is 0 Å². The van der Waals surface area contributed by atoms with E-state index in [1.165, 1.54) is 12.8 Å². The van der Waals surface area contributed by atoms with Crippen LogP contribution in [0.25, 0.3) is 0 Å². The fourth-order valence-electron chi connectivity index (χ4n) is 1.61. The van der Waals surface area contributed by atoms with Crippen LogP contribution in [-0.4, -0.2) is 49.7 Å². The molecule has 0 radical (unpaired) electrons. The van der Waals surface area contributed by atoms with Gasteiger partial charge in [0, 0.05) is 25.2 Å². The normalized spacial score (nSPS) is 17.5. The summed E-state index contributed by atoms with van der Waals surface area (Å²) in [5.74, 6) is -0.00973. The third-order valence-corrected chi connectivity index (χ3v) is 2.99. The van der Waals surface area contributed by atoms with Crippen LogP contribution in [0, 0.1) is 0 Å². The van der Waals surface area contributed by atoms with Crippen LogP contribution >= 0.6 is 0 Å². The van der Waals surface area contributed by atoms with E-state index in [1.807, 2.05) is 6.92 Å². The molecule has 0 spiro atoms. The van der Waals surface area contributed by atoms with Gasteiger partial charge < -0.3 is 10.1 Å². The number of rotatable bonds is 8. The topological polar surface area (TPSA) is 41.6 Å². The minimum absolute atomic E-state index is 0.00973. The van der Waals surface area contributed by atoms with Gasteiger partial charge in [0.15, 0.2) is 0 Å². The molecule has 16 heavy (non-hydrogen) atoms. The Morgan fingerprint density at radius 3 is 2.81 bits per heavy atom. The number of likely N-dealkylation sites (N-methyl/N-ethyl adjacent to an activating group) is 1. The van der Waals surface area contributed by atoms with Gasteiger partial charge in [-0.1, -0.05) is 6.92 Å². The highest BCUT2D eigenvalue weighted by Gasteiger charge is 2.28. The van der Waals surface area contributed by atoms with Crippen LogP contribution in [0.2, 0.25) is 0 Å². The molecular formula is C12H24N2O2. The van der Waals surface area contributed by atoms with Crippen molar-refractivity contribution in [2.24, 2.45) is 0 Å². The highest BCUT2D eigenvalue weighted by Crippen LogP contribution is 2.26. The zero-order valence-corrected chi connectivity index (χ0v) is 10.7. The molecule has 1 amide bonds. The van der Waals surface area contributed by atoms with E-state index in [0.29, 0.717) is 19.2 Å². The van der Waals surface area contributed by atoms with Crippen LogP contribution in [0.3, 0.4) is 0 Å². The van der Waals surface area contributed by atoms with E-state index >= 15 is 0 Å². The minimum Gasteiger partial charge on any atom is -0.372 e. The summed E-state index contributed by atoms with van der Waals surface area (Å²) in [6.45, 7) is 5.73. The highest BCUT2D eigenvalue weighted by molar-refractivity contribution is 5.77. The maximum atomic E-state index is 11.4. The van der Waals surface area contributed by atoms with Crippen molar-refractivity contribution in [1.82, 2.24) is 10.2 Å². The van der Waals surface area contributed by atoms with Crippen molar-refractivity contribution >= 4 is 5.91 Å². The van der Waals surface area contributed by atoms with E-state index in [9.17, 15) is 4.79 Å². The Balaban J connectivity index is 2.05. The molecule has 4 heteroatoms. The smallest absolute Gasteiger partial charge is 0.246 e. The summed E-state index contributed by atoms with van der Waals surface area (Å²) in [6.07, 6.45) is 3.55. The van der Waals surface area contributed by atoms with Gasteiger partial charge in [-0.2, -0.15) is 0 Å². The van der Waals surface area contributed by atoms with Gasteiger partial charge in [-0.25, -0.2) is 0 Å². The molecule has 1 aliphatic rings. The highest BCUT2D eigenvalue weighted by atomic mass is 16.5. The SMILES string of the molecule is CCCOCC(=O)NCC(C)N(C)C1CC1. The molecule has 1 atom stereocenters. The quantitative estimate of drug-likeness (QED) is 0.630. The molecule has 1 fully saturated rings. The standard InChI is InChI=1S/C12H24N2O2/c1-4-7-16-9-12(15)13-8-10(2)14(3)11-5-6-11/h10-11H,4-9H2,1-3H3,(H,13,15). The largest absolute Gasteiger partial charge is 0.372 e. The second-order valence-electron chi connectivity index (χ2n) is 4.60. The molecule has 0 aromatic rings. The number of carbonyl (C=O) groups is 1. The van der Waals surface area contributed by atoms with Gasteiger partial charge in [0.05, 0.1) is 0 Å². The van der Waals surface area contributed by atoms with E-state index < -0.39 is 0 Å². The van der Waals surface area contributed by atoms with Crippen LogP contribution in [0.1, 0.15) is 33.1 Å². The molecule has 0 aromatic heterocycles.